The van der Waals surface area contributed by atoms with Crippen LogP contribution in [0.15, 0.2) is 61.1 Å². The number of rotatable bonds is 7. The molecule has 1 N–H and O–H groups in total. The molecule has 5 heteroatoms. The van der Waals surface area contributed by atoms with Gasteiger partial charge < -0.3 is 10.2 Å². The molecule has 2 heterocycles. The molecule has 0 saturated carbocycles. The average Bonchev–Trinajstić information content (AvgIpc) is 2.67. The molecule has 0 amide bonds. The van der Waals surface area contributed by atoms with Crippen molar-refractivity contribution in [1.29, 1.82) is 0 Å². The van der Waals surface area contributed by atoms with Gasteiger partial charge in [0, 0.05) is 37.9 Å². The van der Waals surface area contributed by atoms with Gasteiger partial charge in [-0.1, -0.05) is 25.1 Å². The van der Waals surface area contributed by atoms with E-state index in [1.54, 1.807) is 6.20 Å². The molecule has 0 atom stereocenters. The second kappa shape index (κ2) is 8.24. The second-order valence-electron chi connectivity index (χ2n) is 5.90. The van der Waals surface area contributed by atoms with Crippen LogP contribution >= 0.6 is 0 Å². The molecule has 1 aromatic carbocycles. The Morgan fingerprint density at radius 2 is 1.80 bits per heavy atom. The first-order valence-corrected chi connectivity index (χ1v) is 8.54. The van der Waals surface area contributed by atoms with Crippen molar-refractivity contribution < 1.29 is 0 Å². The van der Waals surface area contributed by atoms with Gasteiger partial charge in [-0.3, -0.25) is 4.98 Å². The van der Waals surface area contributed by atoms with Gasteiger partial charge in [0.25, 0.3) is 0 Å². The summed E-state index contributed by atoms with van der Waals surface area (Å²) in [6.07, 6.45) is 7.34. The van der Waals surface area contributed by atoms with Crippen LogP contribution in [0.1, 0.15) is 18.1 Å². The highest BCUT2D eigenvalue weighted by Crippen LogP contribution is 2.20. The number of aromatic nitrogens is 3. The maximum atomic E-state index is 4.65. The van der Waals surface area contributed by atoms with Crippen LogP contribution in [-0.2, 0) is 12.8 Å². The summed E-state index contributed by atoms with van der Waals surface area (Å²) < 4.78 is 0. The molecule has 3 rings (SSSR count). The maximum Gasteiger partial charge on any atom is 0.227 e. The third-order valence-corrected chi connectivity index (χ3v) is 4.13. The fourth-order valence-electron chi connectivity index (χ4n) is 2.64. The van der Waals surface area contributed by atoms with Crippen LogP contribution in [0, 0.1) is 0 Å². The Balaban J connectivity index is 1.68. The molecule has 0 bridgehead atoms. The number of pyridine rings is 1. The number of para-hydroxylation sites is 1. The Morgan fingerprint density at radius 1 is 1.00 bits per heavy atom. The number of nitrogens with one attached hydrogen (secondary N) is 1. The average molecular weight is 333 g/mol. The van der Waals surface area contributed by atoms with Gasteiger partial charge in [-0.2, -0.15) is 4.98 Å². The van der Waals surface area contributed by atoms with Gasteiger partial charge >= 0.3 is 0 Å². The lowest BCUT2D eigenvalue weighted by molar-refractivity contribution is 0.837. The van der Waals surface area contributed by atoms with Crippen molar-refractivity contribution in [2.24, 2.45) is 0 Å². The van der Waals surface area contributed by atoms with E-state index in [-0.39, 0.29) is 0 Å². The molecular weight excluding hydrogens is 310 g/mol. The Hall–Kier alpha value is -2.95. The molecule has 25 heavy (non-hydrogen) atoms. The summed E-state index contributed by atoms with van der Waals surface area (Å²) >= 11 is 0. The van der Waals surface area contributed by atoms with Crippen molar-refractivity contribution in [3.63, 3.8) is 0 Å². The van der Waals surface area contributed by atoms with Crippen LogP contribution in [0.2, 0.25) is 0 Å². The largest absolute Gasteiger partial charge is 0.343 e. The van der Waals surface area contributed by atoms with Gasteiger partial charge in [0.15, 0.2) is 0 Å². The predicted octanol–water partition coefficient (Wildman–Crippen LogP) is 3.86. The zero-order valence-electron chi connectivity index (χ0n) is 14.7. The van der Waals surface area contributed by atoms with E-state index in [9.17, 15) is 0 Å². The molecule has 0 aliphatic heterocycles. The van der Waals surface area contributed by atoms with E-state index >= 15 is 0 Å². The fraction of sp³-hybridized carbons (Fsp3) is 0.250. The maximum absolute atomic E-state index is 4.65. The van der Waals surface area contributed by atoms with Crippen molar-refractivity contribution in [2.45, 2.75) is 19.8 Å². The van der Waals surface area contributed by atoms with E-state index in [1.807, 2.05) is 43.7 Å². The first-order valence-electron chi connectivity index (χ1n) is 8.54. The molecule has 0 unspecified atom stereocenters. The Kier molecular flexibility index (Phi) is 5.57. The summed E-state index contributed by atoms with van der Waals surface area (Å²) in [5, 5.41) is 3.41. The van der Waals surface area contributed by atoms with Gasteiger partial charge in [0.1, 0.15) is 5.82 Å². The monoisotopic (exact) mass is 333 g/mol. The van der Waals surface area contributed by atoms with E-state index in [0.717, 1.165) is 30.9 Å². The van der Waals surface area contributed by atoms with E-state index in [2.05, 4.69) is 50.3 Å². The lowest BCUT2D eigenvalue weighted by Crippen LogP contribution is -2.22. The number of likely N-dealkylation sites (N-methyl/N-ethyl adjacent to an activating group) is 1. The minimum absolute atomic E-state index is 0.716. The Labute approximate surface area is 148 Å². The van der Waals surface area contributed by atoms with E-state index < -0.39 is 0 Å². The molecule has 0 spiro atoms. The zero-order chi connectivity index (χ0) is 17.5. The third kappa shape index (κ3) is 4.53. The Morgan fingerprint density at radius 3 is 2.60 bits per heavy atom. The minimum atomic E-state index is 0.716. The molecule has 5 nitrogen and oxygen atoms in total. The molecule has 0 fully saturated rings. The summed E-state index contributed by atoms with van der Waals surface area (Å²) in [5.41, 5.74) is 3.62. The van der Waals surface area contributed by atoms with Gasteiger partial charge in [-0.25, -0.2) is 4.98 Å². The smallest absolute Gasteiger partial charge is 0.227 e. The summed E-state index contributed by atoms with van der Waals surface area (Å²) in [5.74, 6) is 1.52. The van der Waals surface area contributed by atoms with Crippen LogP contribution in [0.3, 0.4) is 0 Å². The standard InChI is InChI=1S/C20H23N5/c1-3-17-6-4-5-7-18(17)23-19-10-14-22-20(24-19)25(2)15-11-16-8-12-21-13-9-16/h4-10,12-14H,3,11,15H2,1-2H3,(H,22,23,24). The van der Waals surface area contributed by atoms with Gasteiger partial charge in [-0.15, -0.1) is 0 Å². The highest BCUT2D eigenvalue weighted by Gasteiger charge is 2.07. The number of hydrogen-bond acceptors (Lipinski definition) is 5. The fourth-order valence-corrected chi connectivity index (χ4v) is 2.64. The van der Waals surface area contributed by atoms with Crippen LogP contribution in [0.25, 0.3) is 0 Å². The van der Waals surface area contributed by atoms with Crippen molar-refractivity contribution in [1.82, 2.24) is 15.0 Å². The molecule has 0 saturated heterocycles. The predicted molar refractivity (Wildman–Crippen MR) is 102 cm³/mol. The zero-order valence-corrected chi connectivity index (χ0v) is 14.7. The van der Waals surface area contributed by atoms with Crippen LogP contribution in [-0.4, -0.2) is 28.5 Å². The molecule has 128 valence electrons. The van der Waals surface area contributed by atoms with Crippen LogP contribution in [0.5, 0.6) is 0 Å². The van der Waals surface area contributed by atoms with Crippen molar-refractivity contribution in [3.05, 3.63) is 72.2 Å². The number of aryl methyl sites for hydroxylation is 1. The Bertz CT molecular complexity index is 804. The van der Waals surface area contributed by atoms with Gasteiger partial charge in [0.2, 0.25) is 5.95 Å². The van der Waals surface area contributed by atoms with Crippen molar-refractivity contribution in [3.8, 4) is 0 Å². The third-order valence-electron chi connectivity index (χ3n) is 4.13. The quantitative estimate of drug-likeness (QED) is 0.711. The number of nitrogens with zero attached hydrogens (tertiary/aromatic N) is 4. The van der Waals surface area contributed by atoms with Crippen LogP contribution in [0.4, 0.5) is 17.5 Å². The first kappa shape index (κ1) is 16.9. The first-order chi connectivity index (χ1) is 12.3. The topological polar surface area (TPSA) is 53.9 Å². The highest BCUT2D eigenvalue weighted by atomic mass is 15.2. The van der Waals surface area contributed by atoms with E-state index in [1.165, 1.54) is 11.1 Å². The van der Waals surface area contributed by atoms with Gasteiger partial charge in [0.05, 0.1) is 0 Å². The van der Waals surface area contributed by atoms with E-state index in [0.29, 0.717) is 5.95 Å². The molecule has 3 aromatic rings. The van der Waals surface area contributed by atoms with Crippen molar-refractivity contribution >= 4 is 17.5 Å². The summed E-state index contributed by atoms with van der Waals surface area (Å²) in [7, 11) is 2.01. The summed E-state index contributed by atoms with van der Waals surface area (Å²) in [6, 6.07) is 14.3. The normalized spacial score (nSPS) is 10.5. The molecule has 0 aliphatic rings. The van der Waals surface area contributed by atoms with Gasteiger partial charge in [-0.05, 0) is 48.2 Å². The SMILES string of the molecule is CCc1ccccc1Nc1ccnc(N(C)CCc2ccncc2)n1. The lowest BCUT2D eigenvalue weighted by Gasteiger charge is -2.18. The van der Waals surface area contributed by atoms with E-state index in [4.69, 9.17) is 0 Å². The minimum Gasteiger partial charge on any atom is -0.343 e. The second-order valence-corrected chi connectivity index (χ2v) is 5.90. The molecule has 2 aromatic heterocycles. The summed E-state index contributed by atoms with van der Waals surface area (Å²) in [4.78, 5) is 15.2. The molecular formula is C20H23N5. The number of anilines is 3. The molecule has 0 aliphatic carbocycles. The van der Waals surface area contributed by atoms with Crippen molar-refractivity contribution in [2.75, 3.05) is 23.8 Å². The summed E-state index contributed by atoms with van der Waals surface area (Å²) in [6.45, 7) is 3.00. The van der Waals surface area contributed by atoms with Crippen LogP contribution < -0.4 is 10.2 Å². The molecule has 0 radical (unpaired) electrons. The number of benzene rings is 1. The number of hydrogen-bond donors (Lipinski definition) is 1. The lowest BCUT2D eigenvalue weighted by atomic mass is 10.1. The highest BCUT2D eigenvalue weighted by molar-refractivity contribution is 5.61.